The minimum Gasteiger partial charge on any atom is -0.462 e. The highest BCUT2D eigenvalue weighted by molar-refractivity contribution is 6.34. The molecule has 0 fully saturated rings. The predicted molar refractivity (Wildman–Crippen MR) is 56.6 cm³/mol. The molecule has 14 heavy (non-hydrogen) atoms. The van der Waals surface area contributed by atoms with Gasteiger partial charge in [0.15, 0.2) is 0 Å². The van der Waals surface area contributed by atoms with Gasteiger partial charge in [-0.3, -0.25) is 0 Å². The Morgan fingerprint density at radius 3 is 2.79 bits per heavy atom. The number of carbonyl (C=O) groups excluding carboxylic acids is 1. The third kappa shape index (κ3) is 2.17. The Morgan fingerprint density at radius 2 is 2.21 bits per heavy atom. The van der Waals surface area contributed by atoms with Gasteiger partial charge in [0.2, 0.25) is 0 Å². The highest BCUT2D eigenvalue weighted by Crippen LogP contribution is 2.25. The normalized spacial score (nSPS) is 9.93. The summed E-state index contributed by atoms with van der Waals surface area (Å²) in [5.74, 6) is -0.435. The van der Waals surface area contributed by atoms with Crippen LogP contribution >= 0.6 is 11.6 Å². The summed E-state index contributed by atoms with van der Waals surface area (Å²) in [6.45, 7) is 3.91. The molecule has 0 saturated heterocycles. The van der Waals surface area contributed by atoms with Crippen LogP contribution in [0.2, 0.25) is 5.02 Å². The Bertz CT molecular complexity index is 363. The van der Waals surface area contributed by atoms with Gasteiger partial charge in [-0.25, -0.2) is 4.79 Å². The van der Waals surface area contributed by atoms with Crippen molar-refractivity contribution < 1.29 is 9.53 Å². The summed E-state index contributed by atoms with van der Waals surface area (Å²) in [7, 11) is 0. The Hall–Kier alpha value is -1.22. The molecule has 0 radical (unpaired) electrons. The number of hydrogen-bond acceptors (Lipinski definition) is 3. The number of nitrogen functional groups attached to an aromatic ring is 1. The van der Waals surface area contributed by atoms with Gasteiger partial charge in [0.05, 0.1) is 22.9 Å². The van der Waals surface area contributed by atoms with E-state index in [1.54, 1.807) is 19.1 Å². The zero-order valence-electron chi connectivity index (χ0n) is 8.13. The summed E-state index contributed by atoms with van der Waals surface area (Å²) in [4.78, 5) is 11.4. The van der Waals surface area contributed by atoms with E-state index in [1.807, 2.05) is 6.92 Å². The summed E-state index contributed by atoms with van der Waals surface area (Å²) in [6.07, 6.45) is 0. The molecular formula is C10H12ClNO2. The van der Waals surface area contributed by atoms with Gasteiger partial charge in [0.1, 0.15) is 0 Å². The van der Waals surface area contributed by atoms with Gasteiger partial charge in [0, 0.05) is 0 Å². The summed E-state index contributed by atoms with van der Waals surface area (Å²) >= 11 is 5.83. The summed E-state index contributed by atoms with van der Waals surface area (Å²) < 4.78 is 4.84. The first-order valence-electron chi connectivity index (χ1n) is 4.29. The molecule has 0 aliphatic rings. The number of anilines is 1. The first kappa shape index (κ1) is 10.9. The first-order valence-corrected chi connectivity index (χ1v) is 4.66. The van der Waals surface area contributed by atoms with Crippen molar-refractivity contribution in [3.8, 4) is 0 Å². The number of carbonyl (C=O) groups is 1. The van der Waals surface area contributed by atoms with Gasteiger partial charge in [-0.15, -0.1) is 0 Å². The van der Waals surface area contributed by atoms with Gasteiger partial charge in [-0.1, -0.05) is 11.6 Å². The molecule has 0 amide bonds. The Morgan fingerprint density at radius 1 is 1.57 bits per heavy atom. The molecule has 76 valence electrons. The average molecular weight is 214 g/mol. The van der Waals surface area contributed by atoms with E-state index in [9.17, 15) is 4.79 Å². The van der Waals surface area contributed by atoms with Crippen molar-refractivity contribution in [1.29, 1.82) is 0 Å². The third-order valence-electron chi connectivity index (χ3n) is 1.77. The van der Waals surface area contributed by atoms with E-state index < -0.39 is 5.97 Å². The molecule has 1 aromatic rings. The number of benzene rings is 1. The smallest absolute Gasteiger partial charge is 0.340 e. The standard InChI is InChI=1S/C10H12ClNO2/c1-3-14-10(13)7-4-6(2)5-8(11)9(7)12/h4-5H,3,12H2,1-2H3. The van der Waals surface area contributed by atoms with Crippen molar-refractivity contribution >= 4 is 23.3 Å². The number of halogens is 1. The lowest BCUT2D eigenvalue weighted by molar-refractivity contribution is 0.0527. The van der Waals surface area contributed by atoms with Crippen LogP contribution in [0.25, 0.3) is 0 Å². The number of ether oxygens (including phenoxy) is 1. The van der Waals surface area contributed by atoms with Crippen LogP contribution in [0.5, 0.6) is 0 Å². The minimum atomic E-state index is -0.435. The fourth-order valence-corrected chi connectivity index (χ4v) is 1.41. The highest BCUT2D eigenvalue weighted by Gasteiger charge is 2.13. The largest absolute Gasteiger partial charge is 0.462 e. The van der Waals surface area contributed by atoms with Crippen molar-refractivity contribution in [3.63, 3.8) is 0 Å². The van der Waals surface area contributed by atoms with Gasteiger partial charge < -0.3 is 10.5 Å². The van der Waals surface area contributed by atoms with Crippen molar-refractivity contribution in [1.82, 2.24) is 0 Å². The molecule has 4 heteroatoms. The van der Waals surface area contributed by atoms with E-state index in [0.29, 0.717) is 17.2 Å². The van der Waals surface area contributed by atoms with E-state index in [4.69, 9.17) is 22.1 Å². The molecule has 0 atom stereocenters. The molecule has 0 aliphatic carbocycles. The zero-order valence-corrected chi connectivity index (χ0v) is 8.89. The van der Waals surface area contributed by atoms with Crippen molar-refractivity contribution in [2.75, 3.05) is 12.3 Å². The molecule has 0 bridgehead atoms. The second-order valence-corrected chi connectivity index (χ2v) is 3.34. The van der Waals surface area contributed by atoms with E-state index in [-0.39, 0.29) is 5.69 Å². The van der Waals surface area contributed by atoms with Crippen molar-refractivity contribution in [2.24, 2.45) is 0 Å². The first-order chi connectivity index (χ1) is 6.56. The molecule has 2 N–H and O–H groups in total. The van der Waals surface area contributed by atoms with Crippen LogP contribution in [0.4, 0.5) is 5.69 Å². The summed E-state index contributed by atoms with van der Waals surface area (Å²) in [5.41, 5.74) is 7.14. The van der Waals surface area contributed by atoms with Gasteiger partial charge in [-0.05, 0) is 31.5 Å². The van der Waals surface area contributed by atoms with Crippen LogP contribution < -0.4 is 5.73 Å². The average Bonchev–Trinajstić information content (AvgIpc) is 2.11. The SMILES string of the molecule is CCOC(=O)c1cc(C)cc(Cl)c1N. The third-order valence-corrected chi connectivity index (χ3v) is 2.08. The summed E-state index contributed by atoms with van der Waals surface area (Å²) in [6, 6.07) is 3.37. The second kappa shape index (κ2) is 4.33. The van der Waals surface area contributed by atoms with Crippen LogP contribution in [0.1, 0.15) is 22.8 Å². The van der Waals surface area contributed by atoms with Crippen molar-refractivity contribution in [2.45, 2.75) is 13.8 Å². The molecule has 1 rings (SSSR count). The lowest BCUT2D eigenvalue weighted by Gasteiger charge is -2.07. The molecule has 0 aliphatic heterocycles. The molecule has 1 aromatic carbocycles. The maximum absolute atomic E-state index is 11.4. The van der Waals surface area contributed by atoms with Crippen LogP contribution in [-0.4, -0.2) is 12.6 Å². The number of aryl methyl sites for hydroxylation is 1. The Kier molecular flexibility index (Phi) is 3.36. The lowest BCUT2D eigenvalue weighted by Crippen LogP contribution is -2.08. The number of hydrogen-bond donors (Lipinski definition) is 1. The van der Waals surface area contributed by atoms with Crippen LogP contribution in [0.3, 0.4) is 0 Å². The second-order valence-electron chi connectivity index (χ2n) is 2.93. The zero-order chi connectivity index (χ0) is 10.7. The summed E-state index contributed by atoms with van der Waals surface area (Å²) in [5, 5.41) is 0.382. The topological polar surface area (TPSA) is 52.3 Å². The predicted octanol–water partition coefficient (Wildman–Crippen LogP) is 2.41. The molecule has 0 heterocycles. The minimum absolute atomic E-state index is 0.274. The van der Waals surface area contributed by atoms with Crippen LogP contribution in [0, 0.1) is 6.92 Å². The Balaban J connectivity index is 3.13. The fourth-order valence-electron chi connectivity index (χ4n) is 1.13. The van der Waals surface area contributed by atoms with E-state index in [1.165, 1.54) is 0 Å². The number of esters is 1. The van der Waals surface area contributed by atoms with Gasteiger partial charge in [-0.2, -0.15) is 0 Å². The van der Waals surface area contributed by atoms with E-state index in [2.05, 4.69) is 0 Å². The molecular weight excluding hydrogens is 202 g/mol. The van der Waals surface area contributed by atoms with Gasteiger partial charge >= 0.3 is 5.97 Å². The monoisotopic (exact) mass is 213 g/mol. The van der Waals surface area contributed by atoms with Gasteiger partial charge in [0.25, 0.3) is 0 Å². The van der Waals surface area contributed by atoms with Crippen molar-refractivity contribution in [3.05, 3.63) is 28.3 Å². The Labute approximate surface area is 87.8 Å². The molecule has 3 nitrogen and oxygen atoms in total. The molecule has 0 saturated carbocycles. The number of rotatable bonds is 2. The maximum Gasteiger partial charge on any atom is 0.340 e. The van der Waals surface area contributed by atoms with Crippen LogP contribution in [-0.2, 0) is 4.74 Å². The molecule has 0 aromatic heterocycles. The molecule has 0 unspecified atom stereocenters. The lowest BCUT2D eigenvalue weighted by atomic mass is 10.1. The van der Waals surface area contributed by atoms with E-state index in [0.717, 1.165) is 5.56 Å². The van der Waals surface area contributed by atoms with Crippen LogP contribution in [0.15, 0.2) is 12.1 Å². The maximum atomic E-state index is 11.4. The van der Waals surface area contributed by atoms with E-state index >= 15 is 0 Å². The quantitative estimate of drug-likeness (QED) is 0.606. The number of nitrogens with two attached hydrogens (primary N) is 1. The highest BCUT2D eigenvalue weighted by atomic mass is 35.5. The fraction of sp³-hybridized carbons (Fsp3) is 0.300. The molecule has 0 spiro atoms.